The number of anilines is 1. The molecule has 2 aromatic heterocycles. The minimum atomic E-state index is -0.773. The predicted molar refractivity (Wildman–Crippen MR) is 122 cm³/mol. The zero-order valence-electron chi connectivity index (χ0n) is 18.3. The summed E-state index contributed by atoms with van der Waals surface area (Å²) in [5.41, 5.74) is 2.45. The van der Waals surface area contributed by atoms with E-state index in [1.807, 2.05) is 49.2 Å². The normalized spacial score (nSPS) is 19.0. The topological polar surface area (TPSA) is 85.3 Å². The van der Waals surface area contributed by atoms with E-state index in [9.17, 15) is 9.90 Å². The molecule has 0 bridgehead atoms. The van der Waals surface area contributed by atoms with Crippen molar-refractivity contribution >= 4 is 5.82 Å². The first-order valence-electron chi connectivity index (χ1n) is 10.6. The largest absolute Gasteiger partial charge is 0.387 e. The van der Waals surface area contributed by atoms with E-state index in [-0.39, 0.29) is 5.56 Å². The Hall–Kier alpha value is -3.03. The summed E-state index contributed by atoms with van der Waals surface area (Å²) in [5.74, 6) is 1.28. The van der Waals surface area contributed by atoms with Crippen molar-refractivity contribution in [2.45, 2.75) is 32.4 Å². The maximum Gasteiger partial charge on any atom is 0.254 e. The lowest BCUT2D eigenvalue weighted by molar-refractivity contribution is 0.0561. The van der Waals surface area contributed by atoms with Crippen molar-refractivity contribution in [3.63, 3.8) is 0 Å². The highest BCUT2D eigenvalue weighted by molar-refractivity contribution is 5.56. The highest BCUT2D eigenvalue weighted by atomic mass is 16.3. The number of aryl methyl sites for hydroxylation is 1. The van der Waals surface area contributed by atoms with Gasteiger partial charge in [0.05, 0.1) is 5.60 Å². The molecule has 1 aliphatic heterocycles. The van der Waals surface area contributed by atoms with Crippen LogP contribution in [0.15, 0.2) is 53.5 Å². The molecule has 0 spiro atoms. The fourth-order valence-electron chi connectivity index (χ4n) is 4.10. The molecule has 1 fully saturated rings. The second-order valence-electron chi connectivity index (χ2n) is 8.56. The van der Waals surface area contributed by atoms with Gasteiger partial charge >= 0.3 is 0 Å². The average molecular weight is 420 g/mol. The van der Waals surface area contributed by atoms with Crippen LogP contribution in [-0.2, 0) is 6.54 Å². The Morgan fingerprint density at radius 2 is 1.97 bits per heavy atom. The van der Waals surface area contributed by atoms with Crippen LogP contribution in [0.3, 0.4) is 0 Å². The number of hydrogen-bond acceptors (Lipinski definition) is 6. The van der Waals surface area contributed by atoms with Crippen LogP contribution < -0.4 is 10.5 Å². The first-order valence-corrected chi connectivity index (χ1v) is 10.6. The molecule has 4 rings (SSSR count). The molecular formula is C24H29N5O2. The number of rotatable bonds is 6. The van der Waals surface area contributed by atoms with Crippen molar-refractivity contribution in [2.24, 2.45) is 0 Å². The maximum atomic E-state index is 12.0. The summed E-state index contributed by atoms with van der Waals surface area (Å²) in [5, 5.41) is 11.1. The third-order valence-electron chi connectivity index (χ3n) is 6.00. The van der Waals surface area contributed by atoms with Gasteiger partial charge in [0.1, 0.15) is 11.6 Å². The molecule has 1 atom stereocenters. The zero-order chi connectivity index (χ0) is 22.0. The smallest absolute Gasteiger partial charge is 0.254 e. The third kappa shape index (κ3) is 4.84. The van der Waals surface area contributed by atoms with E-state index in [0.717, 1.165) is 30.9 Å². The van der Waals surface area contributed by atoms with Gasteiger partial charge in [-0.15, -0.1) is 0 Å². The number of hydrogen-bond donors (Lipinski definition) is 2. The van der Waals surface area contributed by atoms with Crippen molar-refractivity contribution in [2.75, 3.05) is 31.6 Å². The first-order chi connectivity index (χ1) is 14.8. The van der Waals surface area contributed by atoms with Crippen molar-refractivity contribution in [1.82, 2.24) is 19.9 Å². The number of likely N-dealkylation sites (tertiary alicyclic amines) is 1. The van der Waals surface area contributed by atoms with Crippen LogP contribution in [0.1, 0.15) is 23.2 Å². The second kappa shape index (κ2) is 8.61. The molecule has 31 heavy (non-hydrogen) atoms. The lowest BCUT2D eigenvalue weighted by atomic mass is 10.0. The van der Waals surface area contributed by atoms with Crippen LogP contribution in [0.4, 0.5) is 5.82 Å². The molecule has 1 unspecified atom stereocenters. The molecule has 162 valence electrons. The molecule has 0 amide bonds. The van der Waals surface area contributed by atoms with Crippen LogP contribution in [-0.4, -0.2) is 57.2 Å². The number of benzene rings is 1. The number of likely N-dealkylation sites (N-methyl/N-ethyl adjacent to an activating group) is 1. The van der Waals surface area contributed by atoms with Crippen LogP contribution in [0.25, 0.3) is 11.4 Å². The molecule has 7 heteroatoms. The van der Waals surface area contributed by atoms with E-state index in [4.69, 9.17) is 0 Å². The minimum Gasteiger partial charge on any atom is -0.387 e. The van der Waals surface area contributed by atoms with Gasteiger partial charge in [-0.2, -0.15) is 0 Å². The molecule has 7 nitrogen and oxygen atoms in total. The third-order valence-corrected chi connectivity index (χ3v) is 6.00. The summed E-state index contributed by atoms with van der Waals surface area (Å²) in [7, 11) is 1.94. The van der Waals surface area contributed by atoms with Gasteiger partial charge in [-0.05, 0) is 38.0 Å². The van der Waals surface area contributed by atoms with Gasteiger partial charge in [0.15, 0.2) is 0 Å². The van der Waals surface area contributed by atoms with Gasteiger partial charge in [0.2, 0.25) is 0 Å². The average Bonchev–Trinajstić information content (AvgIpc) is 3.12. The summed E-state index contributed by atoms with van der Waals surface area (Å²) in [4.78, 5) is 28.1. The number of aliphatic hydroxyl groups is 1. The molecule has 3 aromatic rings. The van der Waals surface area contributed by atoms with Crippen molar-refractivity contribution in [1.29, 1.82) is 0 Å². The zero-order valence-corrected chi connectivity index (χ0v) is 18.3. The van der Waals surface area contributed by atoms with Crippen molar-refractivity contribution in [3.05, 3.63) is 75.8 Å². The van der Waals surface area contributed by atoms with E-state index >= 15 is 0 Å². The second-order valence-corrected chi connectivity index (χ2v) is 8.56. The number of aromatic nitrogens is 3. The standard InChI is InChI=1S/C24H29N5O2/c1-17-18(2)26-22(27-23(17)30)20-9-10-21(25-13-20)28(3)15-24(31)11-12-29(16-24)14-19-7-5-4-6-8-19/h4-10,13,31H,11-12,14-16H2,1-3H3,(H,26,27,30). The Kier molecular flexibility index (Phi) is 5.89. The molecule has 0 radical (unpaired) electrons. The molecule has 0 aliphatic carbocycles. The van der Waals surface area contributed by atoms with Gasteiger partial charge < -0.3 is 15.0 Å². The Bertz CT molecular complexity index is 1100. The molecular weight excluding hydrogens is 390 g/mol. The number of pyridine rings is 1. The SMILES string of the molecule is Cc1nc(-c2ccc(N(C)CC3(O)CCN(Cc4ccccc4)C3)nc2)[nH]c(=O)c1C. The Labute approximate surface area is 182 Å². The predicted octanol–water partition coefficient (Wildman–Crippen LogP) is 2.52. The monoisotopic (exact) mass is 419 g/mol. The summed E-state index contributed by atoms with van der Waals surface area (Å²) < 4.78 is 0. The summed E-state index contributed by atoms with van der Waals surface area (Å²) in [6.07, 6.45) is 2.44. The lowest BCUT2D eigenvalue weighted by Gasteiger charge is -2.29. The Morgan fingerprint density at radius 1 is 1.19 bits per heavy atom. The van der Waals surface area contributed by atoms with Crippen LogP contribution in [0.2, 0.25) is 0 Å². The van der Waals surface area contributed by atoms with Gasteiger partial charge in [-0.1, -0.05) is 30.3 Å². The van der Waals surface area contributed by atoms with Gasteiger partial charge in [0, 0.05) is 56.2 Å². The lowest BCUT2D eigenvalue weighted by Crippen LogP contribution is -2.44. The fourth-order valence-corrected chi connectivity index (χ4v) is 4.10. The van der Waals surface area contributed by atoms with Crippen LogP contribution >= 0.6 is 0 Å². The van der Waals surface area contributed by atoms with E-state index in [2.05, 4.69) is 32.0 Å². The van der Waals surface area contributed by atoms with Gasteiger partial charge in [-0.3, -0.25) is 9.69 Å². The molecule has 1 aromatic carbocycles. The maximum absolute atomic E-state index is 12.0. The van der Waals surface area contributed by atoms with Crippen LogP contribution in [0, 0.1) is 13.8 Å². The van der Waals surface area contributed by atoms with E-state index < -0.39 is 5.60 Å². The molecule has 1 aliphatic rings. The number of H-pyrrole nitrogens is 1. The van der Waals surface area contributed by atoms with Crippen LogP contribution in [0.5, 0.6) is 0 Å². The molecule has 3 heterocycles. The van der Waals surface area contributed by atoms with Gasteiger partial charge in [-0.25, -0.2) is 9.97 Å². The number of aromatic amines is 1. The molecule has 2 N–H and O–H groups in total. The fraction of sp³-hybridized carbons (Fsp3) is 0.375. The highest BCUT2D eigenvalue weighted by Gasteiger charge is 2.37. The summed E-state index contributed by atoms with van der Waals surface area (Å²) in [6.45, 7) is 6.45. The Morgan fingerprint density at radius 3 is 2.65 bits per heavy atom. The Balaban J connectivity index is 1.41. The molecule has 0 saturated carbocycles. The number of nitrogens with zero attached hydrogens (tertiary/aromatic N) is 4. The van der Waals surface area contributed by atoms with Crippen molar-refractivity contribution in [3.8, 4) is 11.4 Å². The molecule has 1 saturated heterocycles. The first kappa shape index (κ1) is 21.2. The summed E-state index contributed by atoms with van der Waals surface area (Å²) >= 11 is 0. The van der Waals surface area contributed by atoms with E-state index in [0.29, 0.717) is 30.2 Å². The van der Waals surface area contributed by atoms with Gasteiger partial charge in [0.25, 0.3) is 5.56 Å². The minimum absolute atomic E-state index is 0.132. The van der Waals surface area contributed by atoms with Crippen molar-refractivity contribution < 1.29 is 5.11 Å². The van der Waals surface area contributed by atoms with E-state index in [1.54, 1.807) is 13.1 Å². The number of nitrogens with one attached hydrogen (secondary N) is 1. The highest BCUT2D eigenvalue weighted by Crippen LogP contribution is 2.26. The summed E-state index contributed by atoms with van der Waals surface area (Å²) in [6, 6.07) is 14.1. The van der Waals surface area contributed by atoms with E-state index in [1.165, 1.54) is 5.56 Å². The quantitative estimate of drug-likeness (QED) is 0.639. The number of β-amino-alcohol motifs (C(OH)–C–C–N with tert-alkyl or cyclic N) is 1.